The van der Waals surface area contributed by atoms with Crippen LogP contribution in [-0.4, -0.2) is 0 Å². The summed E-state index contributed by atoms with van der Waals surface area (Å²) >= 11 is 1.77. The summed E-state index contributed by atoms with van der Waals surface area (Å²) in [6, 6.07) is 14.3. The van der Waals surface area contributed by atoms with Crippen LogP contribution in [0.4, 0.5) is 0 Å². The lowest BCUT2D eigenvalue weighted by Crippen LogP contribution is -1.74. The molecule has 0 nitrogen and oxygen atoms in total. The molecule has 1 radical (unpaired) electrons. The second kappa shape index (κ2) is 3.12. The minimum absolute atomic E-state index is 0.880. The van der Waals surface area contributed by atoms with E-state index in [1.165, 1.54) is 14.8 Å². The zero-order valence-corrected chi connectivity index (χ0v) is 8.77. The van der Waals surface area contributed by atoms with Crippen LogP contribution in [0, 0.1) is 12.3 Å². The highest BCUT2D eigenvalue weighted by Gasteiger charge is 2.06. The van der Waals surface area contributed by atoms with Crippen molar-refractivity contribution < 1.29 is 0 Å². The van der Waals surface area contributed by atoms with Gasteiger partial charge in [0, 0.05) is 25.7 Å². The van der Waals surface area contributed by atoms with E-state index in [1.807, 2.05) is 24.3 Å². The average Bonchev–Trinajstić information content (AvgIpc) is 2.67. The molecule has 0 atom stereocenters. The Morgan fingerprint density at radius 1 is 0.933 bits per heavy atom. The van der Waals surface area contributed by atoms with Crippen molar-refractivity contribution in [3.8, 4) is 5.92 Å². The maximum Gasteiger partial charge on any atom is 0.0367 e. The molecule has 0 aliphatic carbocycles. The standard InChI is InChI=1S/C14H7S/c1-2-10-6-5-9-13-14(10)11-7-3-4-8-12(11)15-13/h3-9H. The van der Waals surface area contributed by atoms with Crippen LogP contribution in [0.1, 0.15) is 5.56 Å². The lowest BCUT2D eigenvalue weighted by Gasteiger charge is -1.94. The van der Waals surface area contributed by atoms with E-state index in [9.17, 15) is 0 Å². The Labute approximate surface area is 92.2 Å². The summed E-state index contributed by atoms with van der Waals surface area (Å²) in [4.78, 5) is 0. The minimum Gasteiger partial charge on any atom is -0.135 e. The molecule has 0 N–H and O–H groups in total. The molecule has 0 saturated carbocycles. The van der Waals surface area contributed by atoms with Gasteiger partial charge in [0.1, 0.15) is 0 Å². The third kappa shape index (κ3) is 1.16. The van der Waals surface area contributed by atoms with Crippen LogP contribution in [0.5, 0.6) is 0 Å². The molecule has 0 saturated heterocycles. The first kappa shape index (κ1) is 8.52. The second-order valence-electron chi connectivity index (χ2n) is 3.40. The maximum atomic E-state index is 7.29. The van der Waals surface area contributed by atoms with E-state index in [4.69, 9.17) is 6.42 Å². The smallest absolute Gasteiger partial charge is 0.0367 e. The first-order chi connectivity index (χ1) is 7.40. The van der Waals surface area contributed by atoms with Gasteiger partial charge >= 0.3 is 0 Å². The van der Waals surface area contributed by atoms with E-state index in [2.05, 4.69) is 24.1 Å². The molecule has 0 aliphatic rings. The minimum atomic E-state index is 0.880. The van der Waals surface area contributed by atoms with Crippen molar-refractivity contribution in [1.29, 1.82) is 0 Å². The molecule has 3 aromatic rings. The first-order valence-corrected chi connectivity index (χ1v) is 5.55. The fraction of sp³-hybridized carbons (Fsp3) is 0. The number of hydrogen-bond acceptors (Lipinski definition) is 1. The monoisotopic (exact) mass is 207 g/mol. The zero-order valence-electron chi connectivity index (χ0n) is 7.95. The van der Waals surface area contributed by atoms with Crippen LogP contribution in [0.3, 0.4) is 0 Å². The predicted molar refractivity (Wildman–Crippen MR) is 65.6 cm³/mol. The van der Waals surface area contributed by atoms with Gasteiger partial charge in [-0.05, 0) is 24.6 Å². The van der Waals surface area contributed by atoms with Crippen molar-refractivity contribution in [2.45, 2.75) is 0 Å². The van der Waals surface area contributed by atoms with Gasteiger partial charge < -0.3 is 0 Å². The molecule has 0 fully saturated rings. The molecule has 0 unspecified atom stereocenters. The van der Waals surface area contributed by atoms with Crippen molar-refractivity contribution in [3.63, 3.8) is 0 Å². The van der Waals surface area contributed by atoms with Crippen molar-refractivity contribution >= 4 is 31.5 Å². The van der Waals surface area contributed by atoms with Gasteiger partial charge in [-0.3, -0.25) is 0 Å². The molecule has 1 heteroatoms. The third-order valence-corrected chi connectivity index (χ3v) is 3.67. The van der Waals surface area contributed by atoms with Crippen LogP contribution in [0.15, 0.2) is 42.5 Å². The van der Waals surface area contributed by atoms with Gasteiger partial charge in [0.15, 0.2) is 0 Å². The van der Waals surface area contributed by atoms with E-state index < -0.39 is 0 Å². The summed E-state index contributed by atoms with van der Waals surface area (Å²) in [7, 11) is 0. The molecule has 15 heavy (non-hydrogen) atoms. The molecule has 2 aromatic carbocycles. The molecule has 0 spiro atoms. The van der Waals surface area contributed by atoms with Gasteiger partial charge in [0.2, 0.25) is 0 Å². The Morgan fingerprint density at radius 3 is 2.60 bits per heavy atom. The molecular weight excluding hydrogens is 200 g/mol. The lowest BCUT2D eigenvalue weighted by molar-refractivity contribution is 1.77. The number of thiophene rings is 1. The third-order valence-electron chi connectivity index (χ3n) is 2.54. The van der Waals surface area contributed by atoms with Crippen LogP contribution in [0.25, 0.3) is 20.2 Å². The molecule has 1 aromatic heterocycles. The summed E-state index contributed by atoms with van der Waals surface area (Å²) in [5, 5.41) is 2.39. The fourth-order valence-electron chi connectivity index (χ4n) is 1.88. The highest BCUT2D eigenvalue weighted by atomic mass is 32.1. The Balaban J connectivity index is 2.64. The largest absolute Gasteiger partial charge is 0.135 e. The number of benzene rings is 2. The topological polar surface area (TPSA) is 0 Å². The number of rotatable bonds is 0. The van der Waals surface area contributed by atoms with E-state index >= 15 is 0 Å². The van der Waals surface area contributed by atoms with Gasteiger partial charge in [0.25, 0.3) is 0 Å². The number of hydrogen-bond donors (Lipinski definition) is 0. The molecule has 1 heterocycles. The molecule has 0 aliphatic heterocycles. The molecule has 69 valence electrons. The quantitative estimate of drug-likeness (QED) is 0.489. The molecule has 0 amide bonds. The zero-order chi connectivity index (χ0) is 10.3. The fourth-order valence-corrected chi connectivity index (χ4v) is 3.01. The van der Waals surface area contributed by atoms with Crippen molar-refractivity contribution in [2.24, 2.45) is 0 Å². The molecular formula is C14H7S. The summed E-state index contributed by atoms with van der Waals surface area (Å²) in [6.45, 7) is 0. The van der Waals surface area contributed by atoms with Crippen LogP contribution in [-0.2, 0) is 0 Å². The summed E-state index contributed by atoms with van der Waals surface area (Å²) < 4.78 is 2.50. The van der Waals surface area contributed by atoms with Gasteiger partial charge in [-0.25, -0.2) is 0 Å². The summed E-state index contributed by atoms with van der Waals surface area (Å²) in [5.74, 6) is 2.50. The van der Waals surface area contributed by atoms with Crippen molar-refractivity contribution in [1.82, 2.24) is 0 Å². The van der Waals surface area contributed by atoms with Crippen LogP contribution >= 0.6 is 11.3 Å². The van der Waals surface area contributed by atoms with Gasteiger partial charge in [-0.2, -0.15) is 0 Å². The number of fused-ring (bicyclic) bond motifs is 3. The Morgan fingerprint density at radius 2 is 1.73 bits per heavy atom. The highest BCUT2D eigenvalue weighted by molar-refractivity contribution is 7.25. The first-order valence-electron chi connectivity index (χ1n) is 4.73. The Bertz CT molecular complexity index is 683. The van der Waals surface area contributed by atoms with E-state index in [0.29, 0.717) is 0 Å². The van der Waals surface area contributed by atoms with E-state index in [1.54, 1.807) is 11.3 Å². The Hall–Kier alpha value is -1.78. The lowest BCUT2D eigenvalue weighted by atomic mass is 10.1. The average molecular weight is 207 g/mol. The summed E-state index contributed by atoms with van der Waals surface area (Å²) in [6.07, 6.45) is 7.29. The normalized spacial score (nSPS) is 10.6. The van der Waals surface area contributed by atoms with Gasteiger partial charge in [0.05, 0.1) is 0 Å². The van der Waals surface area contributed by atoms with Gasteiger partial charge in [-0.1, -0.05) is 30.2 Å². The van der Waals surface area contributed by atoms with Crippen molar-refractivity contribution in [3.05, 3.63) is 54.5 Å². The van der Waals surface area contributed by atoms with Crippen LogP contribution in [0.2, 0.25) is 0 Å². The highest BCUT2D eigenvalue weighted by Crippen LogP contribution is 2.35. The SMILES string of the molecule is [C]#Cc1cccc2sc3ccccc3c12. The Kier molecular flexibility index (Phi) is 1.77. The summed E-state index contributed by atoms with van der Waals surface area (Å²) in [5.41, 5.74) is 0.880. The van der Waals surface area contributed by atoms with E-state index in [0.717, 1.165) is 10.9 Å². The molecule has 3 rings (SSSR count). The predicted octanol–water partition coefficient (Wildman–Crippen LogP) is 3.99. The van der Waals surface area contributed by atoms with Gasteiger partial charge in [-0.15, -0.1) is 11.3 Å². The second-order valence-corrected chi connectivity index (χ2v) is 4.49. The maximum absolute atomic E-state index is 7.29. The van der Waals surface area contributed by atoms with Crippen molar-refractivity contribution in [2.75, 3.05) is 0 Å². The van der Waals surface area contributed by atoms with E-state index in [-0.39, 0.29) is 0 Å². The molecule has 0 bridgehead atoms. The van der Waals surface area contributed by atoms with Crippen LogP contribution < -0.4 is 0 Å².